The summed E-state index contributed by atoms with van der Waals surface area (Å²) in [6.07, 6.45) is 7.00. The molecule has 1 saturated carbocycles. The Morgan fingerprint density at radius 2 is 1.86 bits per heavy atom. The summed E-state index contributed by atoms with van der Waals surface area (Å²) in [7, 11) is 0. The number of urea groups is 1. The summed E-state index contributed by atoms with van der Waals surface area (Å²) in [5, 5.41) is 16.3. The Morgan fingerprint density at radius 1 is 1.11 bits per heavy atom. The number of carboxylic acids is 1. The predicted molar refractivity (Wildman–Crippen MR) is 135 cm³/mol. The van der Waals surface area contributed by atoms with Crippen LogP contribution in [0.2, 0.25) is 0 Å². The highest BCUT2D eigenvalue weighted by atomic mass is 16.5. The van der Waals surface area contributed by atoms with Gasteiger partial charge in [-0.25, -0.2) is 14.6 Å². The van der Waals surface area contributed by atoms with Crippen LogP contribution in [0.1, 0.15) is 71.7 Å². The third-order valence-electron chi connectivity index (χ3n) is 7.80. The van der Waals surface area contributed by atoms with Crippen LogP contribution in [0.15, 0.2) is 47.1 Å². The number of ether oxygens (including phenoxy) is 1. The molecule has 3 aromatic rings. The number of anilines is 1. The lowest BCUT2D eigenvalue weighted by molar-refractivity contribution is -0.0158. The number of aromatic carboxylic acids is 1. The first-order chi connectivity index (χ1) is 18.0. The fraction of sp³-hybridized carbons (Fsp3) is 0.429. The number of carboxylic acid groups (broad SMARTS) is 1. The number of carbonyl (C=O) groups is 2. The number of hydrogen-bond donors (Lipinski definition) is 2. The number of hydrogen-bond acceptors (Lipinski definition) is 6. The summed E-state index contributed by atoms with van der Waals surface area (Å²) in [5.41, 5.74) is 4.25. The lowest BCUT2D eigenvalue weighted by atomic mass is 9.99. The second-order valence-electron chi connectivity index (χ2n) is 10.3. The summed E-state index contributed by atoms with van der Waals surface area (Å²) in [6, 6.07) is 11.2. The van der Waals surface area contributed by atoms with Gasteiger partial charge in [-0.05, 0) is 63.1 Å². The Balaban J connectivity index is 1.12. The molecule has 2 saturated heterocycles. The number of nitrogens with one attached hydrogen (secondary N) is 1. The average molecular weight is 503 g/mol. The maximum atomic E-state index is 13.1. The quantitative estimate of drug-likeness (QED) is 0.446. The lowest BCUT2D eigenvalue weighted by Crippen LogP contribution is -2.50. The molecule has 2 atom stereocenters. The van der Waals surface area contributed by atoms with E-state index >= 15 is 0 Å². The zero-order valence-electron chi connectivity index (χ0n) is 20.7. The van der Waals surface area contributed by atoms with Crippen LogP contribution in [0, 0.1) is 6.92 Å². The maximum Gasteiger partial charge on any atom is 0.337 e. The van der Waals surface area contributed by atoms with Crippen LogP contribution in [-0.4, -0.2) is 50.3 Å². The number of carbonyl (C=O) groups excluding carboxylic acids is 1. The molecule has 2 N–H and O–H groups in total. The molecule has 9 heteroatoms. The first-order valence-electron chi connectivity index (χ1n) is 12.9. The number of aryl methyl sites for hydroxylation is 1. The van der Waals surface area contributed by atoms with E-state index < -0.39 is 5.97 Å². The summed E-state index contributed by atoms with van der Waals surface area (Å²) < 4.78 is 12.3. The Labute approximate surface area is 214 Å². The zero-order valence-corrected chi connectivity index (χ0v) is 20.7. The zero-order chi connectivity index (χ0) is 25.5. The predicted octanol–water partition coefficient (Wildman–Crippen LogP) is 5.36. The van der Waals surface area contributed by atoms with Gasteiger partial charge in [-0.2, -0.15) is 0 Å². The van der Waals surface area contributed by atoms with Gasteiger partial charge in [-0.3, -0.25) is 5.32 Å². The summed E-state index contributed by atoms with van der Waals surface area (Å²) in [5.74, 6) is 0.687. The van der Waals surface area contributed by atoms with Crippen molar-refractivity contribution in [3.8, 4) is 11.3 Å². The van der Waals surface area contributed by atoms with Crippen molar-refractivity contribution in [1.29, 1.82) is 0 Å². The molecule has 1 aromatic carbocycles. The van der Waals surface area contributed by atoms with Gasteiger partial charge >= 0.3 is 12.0 Å². The molecule has 2 unspecified atom stereocenters. The molecule has 192 valence electrons. The van der Waals surface area contributed by atoms with E-state index in [-0.39, 0.29) is 29.8 Å². The van der Waals surface area contributed by atoms with E-state index in [0.717, 1.165) is 66.7 Å². The first kappa shape index (κ1) is 23.7. The lowest BCUT2D eigenvalue weighted by Gasteiger charge is -2.38. The molecular weight excluding hydrogens is 472 g/mol. The Bertz CT molecular complexity index is 1300. The number of fused-ring (bicyclic) bond motifs is 2. The number of piperidine rings is 1. The minimum atomic E-state index is -1.05. The van der Waals surface area contributed by atoms with Gasteiger partial charge in [-0.1, -0.05) is 29.4 Å². The van der Waals surface area contributed by atoms with E-state index in [4.69, 9.17) is 14.4 Å². The van der Waals surface area contributed by atoms with Crippen molar-refractivity contribution < 1.29 is 24.0 Å². The van der Waals surface area contributed by atoms with Gasteiger partial charge in [0.2, 0.25) is 0 Å². The molecule has 37 heavy (non-hydrogen) atoms. The van der Waals surface area contributed by atoms with Crippen LogP contribution in [0.5, 0.6) is 0 Å². The van der Waals surface area contributed by atoms with Gasteiger partial charge in [0.05, 0.1) is 18.3 Å². The highest BCUT2D eigenvalue weighted by Crippen LogP contribution is 2.45. The fourth-order valence-corrected chi connectivity index (χ4v) is 5.74. The van der Waals surface area contributed by atoms with Gasteiger partial charge < -0.3 is 19.3 Å². The van der Waals surface area contributed by atoms with E-state index in [1.54, 1.807) is 0 Å². The first-order valence-corrected chi connectivity index (χ1v) is 12.9. The fourth-order valence-electron chi connectivity index (χ4n) is 5.74. The van der Waals surface area contributed by atoms with Gasteiger partial charge in [0.25, 0.3) is 0 Å². The number of pyridine rings is 1. The van der Waals surface area contributed by atoms with Gasteiger partial charge in [0.15, 0.2) is 0 Å². The van der Waals surface area contributed by atoms with Crippen LogP contribution in [0.25, 0.3) is 11.3 Å². The number of amides is 2. The summed E-state index contributed by atoms with van der Waals surface area (Å²) >= 11 is 0. The van der Waals surface area contributed by atoms with E-state index in [1.807, 2.05) is 17.0 Å². The molecule has 2 bridgehead atoms. The molecule has 2 amide bonds. The third kappa shape index (κ3) is 4.71. The third-order valence-corrected chi connectivity index (χ3v) is 7.80. The minimum Gasteiger partial charge on any atom is -0.478 e. The van der Waals surface area contributed by atoms with Gasteiger partial charge in [0.1, 0.15) is 17.3 Å². The molecule has 1 aliphatic carbocycles. The summed E-state index contributed by atoms with van der Waals surface area (Å²) in [6.45, 7) is 2.54. The Morgan fingerprint density at radius 3 is 2.51 bits per heavy atom. The van der Waals surface area contributed by atoms with Crippen molar-refractivity contribution >= 4 is 17.8 Å². The molecule has 9 nitrogen and oxygen atoms in total. The molecule has 3 fully saturated rings. The van der Waals surface area contributed by atoms with E-state index in [0.29, 0.717) is 18.3 Å². The van der Waals surface area contributed by atoms with Gasteiger partial charge in [-0.15, -0.1) is 0 Å². The standard InChI is InChI=1S/C28H30N4O5/c1-16-4-2-3-5-22(16)25-23(26(37-31-25)17-6-7-17)15-36-21-12-19-9-10-20(13-21)32(19)28(35)30-24-11-8-18(14-29-24)27(33)34/h2-5,8,11,14,17,19-21H,6-7,9-10,12-13,15H2,1H3,(H,33,34)(H,29,30,35). The smallest absolute Gasteiger partial charge is 0.337 e. The van der Waals surface area contributed by atoms with Crippen molar-refractivity contribution in [2.24, 2.45) is 0 Å². The highest BCUT2D eigenvalue weighted by Gasteiger charge is 2.44. The minimum absolute atomic E-state index is 0.0567. The number of nitrogens with zero attached hydrogens (tertiary/aromatic N) is 3. The van der Waals surface area contributed by atoms with Crippen molar-refractivity contribution in [1.82, 2.24) is 15.0 Å². The molecule has 0 radical (unpaired) electrons. The maximum absolute atomic E-state index is 13.1. The number of aromatic nitrogens is 2. The average Bonchev–Trinajstić information content (AvgIpc) is 3.59. The highest BCUT2D eigenvalue weighted by molar-refractivity contribution is 5.90. The van der Waals surface area contributed by atoms with Crippen LogP contribution < -0.4 is 5.32 Å². The molecule has 6 rings (SSSR count). The van der Waals surface area contributed by atoms with Crippen molar-refractivity contribution in [3.05, 3.63) is 65.0 Å². The van der Waals surface area contributed by atoms with E-state index in [2.05, 4.69) is 34.5 Å². The summed E-state index contributed by atoms with van der Waals surface area (Å²) in [4.78, 5) is 30.1. The van der Waals surface area contributed by atoms with Crippen molar-refractivity contribution in [2.45, 2.75) is 76.2 Å². The van der Waals surface area contributed by atoms with Crippen molar-refractivity contribution in [2.75, 3.05) is 5.32 Å². The molecule has 3 aliphatic rings. The SMILES string of the molecule is Cc1ccccc1-c1noc(C2CC2)c1COC1CC2CCC(C1)N2C(=O)Nc1ccc(C(=O)O)cn1. The normalized spacial score (nSPS) is 22.7. The Kier molecular flexibility index (Phi) is 6.16. The molecule has 2 aliphatic heterocycles. The molecular formula is C28H30N4O5. The van der Waals surface area contributed by atoms with Crippen LogP contribution in [0.3, 0.4) is 0 Å². The van der Waals surface area contributed by atoms with Gasteiger partial charge in [0, 0.05) is 35.3 Å². The number of rotatable bonds is 7. The monoisotopic (exact) mass is 502 g/mol. The molecule has 2 aromatic heterocycles. The van der Waals surface area contributed by atoms with Crippen LogP contribution >= 0.6 is 0 Å². The van der Waals surface area contributed by atoms with Crippen LogP contribution in [0.4, 0.5) is 10.6 Å². The largest absolute Gasteiger partial charge is 0.478 e. The van der Waals surface area contributed by atoms with Crippen LogP contribution in [-0.2, 0) is 11.3 Å². The Hall–Kier alpha value is -3.72. The number of benzene rings is 1. The molecule has 0 spiro atoms. The second kappa shape index (κ2) is 9.63. The van der Waals surface area contributed by atoms with E-state index in [1.165, 1.54) is 18.3 Å². The van der Waals surface area contributed by atoms with Crippen molar-refractivity contribution in [3.63, 3.8) is 0 Å². The topological polar surface area (TPSA) is 118 Å². The molecule has 4 heterocycles. The van der Waals surface area contributed by atoms with E-state index in [9.17, 15) is 9.59 Å². The second-order valence-corrected chi connectivity index (χ2v) is 10.3.